The van der Waals surface area contributed by atoms with Crippen molar-refractivity contribution >= 4 is 34.3 Å². The summed E-state index contributed by atoms with van der Waals surface area (Å²) in [7, 11) is 1.53. The minimum Gasteiger partial charge on any atom is -0.350 e. The summed E-state index contributed by atoms with van der Waals surface area (Å²) in [5.74, 6) is -2.48. The molecule has 2 aliphatic heterocycles. The molecule has 0 radical (unpaired) electrons. The number of hydrogen-bond donors (Lipinski definition) is 2. The van der Waals surface area contributed by atoms with Gasteiger partial charge in [0.25, 0.3) is 11.8 Å². The van der Waals surface area contributed by atoms with Crippen LogP contribution in [0.2, 0.25) is 0 Å². The van der Waals surface area contributed by atoms with E-state index in [-0.39, 0.29) is 47.3 Å². The van der Waals surface area contributed by atoms with Crippen molar-refractivity contribution in [3.05, 3.63) is 76.8 Å². The largest absolute Gasteiger partial charge is 0.350 e. The standard InChI is InChI=1S/C31H31F2N5O3/c1-34-27-16-31(21-10-6-7-11-23(21)36-30(31)41)17-38(27)29(40)26(12-18-8-4-3-5-9-18)37(2)28(39)25-15-20-22(33)13-19(32)14-24(20)35-25/h6-7,10-11,13-15,18,26-27,35H,3-5,8-9,12,16-17H2,2H3,(H,36,41)/t26-,27-,31-/m0/s1. The SMILES string of the molecule is [C-]#[N+][C@@H]1C[C@@]2(CN1C(=O)[C@H](CC1CCCCC1)N(C)C(=O)c1cc3c(F)cc(F)cc3[nH]1)C(=O)Nc1ccccc12. The summed E-state index contributed by atoms with van der Waals surface area (Å²) in [5.41, 5.74) is 0.615. The van der Waals surface area contributed by atoms with Gasteiger partial charge in [-0.25, -0.2) is 15.4 Å². The van der Waals surface area contributed by atoms with Crippen LogP contribution in [0, 0.1) is 24.1 Å². The van der Waals surface area contributed by atoms with Gasteiger partial charge in [-0.2, -0.15) is 0 Å². The van der Waals surface area contributed by atoms with Gasteiger partial charge in [0.05, 0.1) is 11.9 Å². The number of carbonyl (C=O) groups is 3. The second-order valence-corrected chi connectivity index (χ2v) is 11.6. The monoisotopic (exact) mass is 559 g/mol. The fourth-order valence-corrected chi connectivity index (χ4v) is 6.92. The predicted molar refractivity (Wildman–Crippen MR) is 149 cm³/mol. The van der Waals surface area contributed by atoms with Gasteiger partial charge in [-0.1, -0.05) is 50.3 Å². The number of halogens is 2. The van der Waals surface area contributed by atoms with E-state index in [4.69, 9.17) is 6.57 Å². The minimum absolute atomic E-state index is 0.0390. The molecule has 1 saturated heterocycles. The van der Waals surface area contributed by atoms with Crippen LogP contribution in [-0.4, -0.2) is 58.3 Å². The third kappa shape index (κ3) is 4.53. The Morgan fingerprint density at radius 1 is 1.17 bits per heavy atom. The molecule has 0 bridgehead atoms. The highest BCUT2D eigenvalue weighted by molar-refractivity contribution is 6.07. The van der Waals surface area contributed by atoms with Crippen molar-refractivity contribution in [2.45, 2.75) is 62.6 Å². The van der Waals surface area contributed by atoms with Crippen LogP contribution in [0.25, 0.3) is 15.7 Å². The molecular formula is C31H31F2N5O3. The highest BCUT2D eigenvalue weighted by atomic mass is 19.1. The van der Waals surface area contributed by atoms with E-state index in [0.717, 1.165) is 49.8 Å². The summed E-state index contributed by atoms with van der Waals surface area (Å²) < 4.78 is 28.2. The van der Waals surface area contributed by atoms with Crippen LogP contribution in [-0.2, 0) is 15.0 Å². The summed E-state index contributed by atoms with van der Waals surface area (Å²) >= 11 is 0. The number of likely N-dealkylation sites (N-methyl/N-ethyl adjacent to an activating group) is 1. The van der Waals surface area contributed by atoms with Crippen molar-refractivity contribution in [3.8, 4) is 0 Å². The molecule has 1 aliphatic carbocycles. The number of likely N-dealkylation sites (tertiary alicyclic amines) is 1. The zero-order valence-electron chi connectivity index (χ0n) is 22.8. The van der Waals surface area contributed by atoms with Crippen molar-refractivity contribution in [2.75, 3.05) is 18.9 Å². The van der Waals surface area contributed by atoms with E-state index in [1.807, 2.05) is 24.3 Å². The fourth-order valence-electron chi connectivity index (χ4n) is 6.92. The number of benzene rings is 2. The lowest BCUT2D eigenvalue weighted by Gasteiger charge is -2.34. The maximum atomic E-state index is 14.4. The number of aromatic amines is 1. The number of anilines is 1. The molecule has 41 heavy (non-hydrogen) atoms. The second-order valence-electron chi connectivity index (χ2n) is 11.6. The van der Waals surface area contributed by atoms with Gasteiger partial charge < -0.3 is 15.2 Å². The number of aromatic nitrogens is 1. The molecule has 1 aromatic heterocycles. The Morgan fingerprint density at radius 3 is 2.68 bits per heavy atom. The fraction of sp³-hybridized carbons (Fsp3) is 0.419. The Morgan fingerprint density at radius 2 is 1.93 bits per heavy atom. The molecule has 2 fully saturated rings. The first-order chi connectivity index (χ1) is 19.7. The predicted octanol–water partition coefficient (Wildman–Crippen LogP) is 5.22. The average molecular weight is 560 g/mol. The van der Waals surface area contributed by atoms with E-state index in [2.05, 4.69) is 15.1 Å². The van der Waals surface area contributed by atoms with Gasteiger partial charge in [0.2, 0.25) is 5.91 Å². The minimum atomic E-state index is -1.03. The lowest BCUT2D eigenvalue weighted by Crippen LogP contribution is -2.52. The summed E-state index contributed by atoms with van der Waals surface area (Å²) in [6.07, 6.45) is 4.83. The van der Waals surface area contributed by atoms with Crippen LogP contribution in [0.15, 0.2) is 42.5 Å². The van der Waals surface area contributed by atoms with Crippen molar-refractivity contribution in [1.29, 1.82) is 0 Å². The number of fused-ring (bicyclic) bond motifs is 3. The molecule has 0 unspecified atom stereocenters. The quantitative estimate of drug-likeness (QED) is 0.420. The number of carbonyl (C=O) groups excluding carboxylic acids is 3. The van der Waals surface area contributed by atoms with Crippen LogP contribution in [0.4, 0.5) is 14.5 Å². The summed E-state index contributed by atoms with van der Waals surface area (Å²) in [6, 6.07) is 9.65. The molecule has 3 aromatic rings. The second kappa shape index (κ2) is 10.3. The Hall–Kier alpha value is -4.26. The van der Waals surface area contributed by atoms with Crippen LogP contribution in [0.3, 0.4) is 0 Å². The third-order valence-electron chi connectivity index (χ3n) is 9.13. The molecule has 10 heteroatoms. The van der Waals surface area contributed by atoms with Crippen molar-refractivity contribution in [3.63, 3.8) is 0 Å². The summed E-state index contributed by atoms with van der Waals surface area (Å²) in [6.45, 7) is 7.93. The van der Waals surface area contributed by atoms with Gasteiger partial charge in [0.1, 0.15) is 28.8 Å². The zero-order chi connectivity index (χ0) is 28.9. The Bertz CT molecular complexity index is 1590. The molecular weight excluding hydrogens is 528 g/mol. The molecule has 8 nitrogen and oxygen atoms in total. The van der Waals surface area contributed by atoms with Gasteiger partial charge in [0, 0.05) is 30.7 Å². The molecule has 1 saturated carbocycles. The Labute approximate surface area is 236 Å². The van der Waals surface area contributed by atoms with Crippen LogP contribution in [0.1, 0.15) is 61.0 Å². The molecule has 6 rings (SSSR count). The lowest BCUT2D eigenvalue weighted by molar-refractivity contribution is -0.137. The van der Waals surface area contributed by atoms with Gasteiger partial charge in [-0.15, -0.1) is 0 Å². The van der Waals surface area contributed by atoms with Crippen LogP contribution in [0.5, 0.6) is 0 Å². The number of amides is 3. The number of rotatable bonds is 5. The number of nitrogens with zero attached hydrogens (tertiary/aromatic N) is 3. The van der Waals surface area contributed by atoms with Crippen LogP contribution >= 0.6 is 0 Å². The normalized spacial score (nSPS) is 22.9. The lowest BCUT2D eigenvalue weighted by atomic mass is 9.80. The highest BCUT2D eigenvalue weighted by Gasteiger charge is 2.59. The highest BCUT2D eigenvalue weighted by Crippen LogP contribution is 2.47. The number of para-hydroxylation sites is 1. The Balaban J connectivity index is 1.33. The summed E-state index contributed by atoms with van der Waals surface area (Å²) in [4.78, 5) is 50.7. The number of H-pyrrole nitrogens is 1. The topological polar surface area (TPSA) is 89.9 Å². The molecule has 212 valence electrons. The molecule has 2 N–H and O–H groups in total. The van der Waals surface area contributed by atoms with E-state index in [0.29, 0.717) is 12.1 Å². The first-order valence-electron chi connectivity index (χ1n) is 14.0. The van der Waals surface area contributed by atoms with Crippen LogP contribution < -0.4 is 5.32 Å². The molecule has 3 aliphatic rings. The average Bonchev–Trinajstić information content (AvgIpc) is 3.65. The van der Waals surface area contributed by atoms with E-state index >= 15 is 0 Å². The van der Waals surface area contributed by atoms with Gasteiger partial charge in [-0.3, -0.25) is 24.1 Å². The molecule has 3 atom stereocenters. The molecule has 3 heterocycles. The molecule has 2 aromatic carbocycles. The molecule has 3 amide bonds. The van der Waals surface area contributed by atoms with Gasteiger partial charge >= 0.3 is 6.17 Å². The first kappa shape index (κ1) is 26.9. The van der Waals surface area contributed by atoms with Gasteiger partial charge in [-0.05, 0) is 36.1 Å². The summed E-state index contributed by atoms with van der Waals surface area (Å²) in [5, 5.41) is 2.99. The van der Waals surface area contributed by atoms with Crippen molar-refractivity contribution in [1.82, 2.24) is 14.8 Å². The Kier molecular flexibility index (Phi) is 6.76. The third-order valence-corrected chi connectivity index (χ3v) is 9.13. The first-order valence-corrected chi connectivity index (χ1v) is 14.0. The number of nitrogens with one attached hydrogen (secondary N) is 2. The van der Waals surface area contributed by atoms with E-state index in [1.165, 1.54) is 22.9 Å². The molecule has 1 spiro atoms. The van der Waals surface area contributed by atoms with E-state index < -0.39 is 35.2 Å². The van der Waals surface area contributed by atoms with E-state index in [1.54, 1.807) is 0 Å². The van der Waals surface area contributed by atoms with Crippen molar-refractivity contribution in [2.24, 2.45) is 5.92 Å². The number of hydrogen-bond acceptors (Lipinski definition) is 3. The van der Waals surface area contributed by atoms with Gasteiger partial charge in [0.15, 0.2) is 0 Å². The smallest absolute Gasteiger partial charge is 0.302 e. The maximum Gasteiger partial charge on any atom is 0.302 e. The van der Waals surface area contributed by atoms with E-state index in [9.17, 15) is 23.2 Å². The van der Waals surface area contributed by atoms with Crippen molar-refractivity contribution < 1.29 is 23.2 Å². The zero-order valence-corrected chi connectivity index (χ0v) is 22.8. The maximum absolute atomic E-state index is 14.4.